The topological polar surface area (TPSA) is 42.0 Å². The summed E-state index contributed by atoms with van der Waals surface area (Å²) in [6, 6.07) is 4.04. The maximum atomic E-state index is 12.3. The van der Waals surface area contributed by atoms with Crippen LogP contribution in [0.2, 0.25) is 0 Å². The van der Waals surface area contributed by atoms with Crippen LogP contribution in [0, 0.1) is 0 Å². The molecular weight excluding hydrogens is 268 g/mol. The highest BCUT2D eigenvalue weighted by Crippen LogP contribution is 2.40. The molecule has 0 radical (unpaired) electrons. The molecule has 5 heteroatoms. The van der Waals surface area contributed by atoms with Gasteiger partial charge >= 0.3 is 6.03 Å². The number of fused-ring (bicyclic) bond motifs is 1. The summed E-state index contributed by atoms with van der Waals surface area (Å²) >= 11 is 0. The molecule has 0 aliphatic carbocycles. The van der Waals surface area contributed by atoms with Gasteiger partial charge in [-0.15, -0.1) is 0 Å². The van der Waals surface area contributed by atoms with Gasteiger partial charge in [-0.3, -0.25) is 0 Å². The van der Waals surface area contributed by atoms with Gasteiger partial charge in [0, 0.05) is 32.6 Å². The van der Waals surface area contributed by atoms with Crippen molar-refractivity contribution in [3.63, 3.8) is 0 Å². The van der Waals surface area contributed by atoms with Crippen molar-refractivity contribution in [3.05, 3.63) is 23.3 Å². The first-order chi connectivity index (χ1) is 9.80. The molecule has 0 aromatic heterocycles. The lowest BCUT2D eigenvalue weighted by Gasteiger charge is -2.41. The Morgan fingerprint density at radius 2 is 1.76 bits per heavy atom. The summed E-state index contributed by atoms with van der Waals surface area (Å²) in [4.78, 5) is 15.8. The van der Waals surface area contributed by atoms with Crippen LogP contribution in [0.3, 0.4) is 0 Å². The van der Waals surface area contributed by atoms with E-state index in [2.05, 4.69) is 13.8 Å². The van der Waals surface area contributed by atoms with Crippen LogP contribution in [0.15, 0.2) is 12.1 Å². The Balaban J connectivity index is 2.47. The zero-order valence-corrected chi connectivity index (χ0v) is 13.7. The molecular formula is C16H24N2O3. The summed E-state index contributed by atoms with van der Waals surface area (Å²) in [7, 11) is 6.82. The summed E-state index contributed by atoms with van der Waals surface area (Å²) in [5, 5.41) is 0. The molecule has 0 unspecified atom stereocenters. The molecule has 0 saturated carbocycles. The van der Waals surface area contributed by atoms with E-state index in [1.807, 2.05) is 17.0 Å². The number of rotatable bonds is 2. The van der Waals surface area contributed by atoms with E-state index < -0.39 is 0 Å². The lowest BCUT2D eigenvalue weighted by Crippen LogP contribution is -2.48. The molecule has 116 valence electrons. The number of hydrogen-bond donors (Lipinski definition) is 0. The Kier molecular flexibility index (Phi) is 4.03. The number of urea groups is 1. The molecule has 21 heavy (non-hydrogen) atoms. The minimum Gasteiger partial charge on any atom is -0.493 e. The first-order valence-corrected chi connectivity index (χ1v) is 7.01. The summed E-state index contributed by atoms with van der Waals surface area (Å²) in [6.45, 7) is 5.57. The van der Waals surface area contributed by atoms with Gasteiger partial charge in [0.25, 0.3) is 0 Å². The fourth-order valence-corrected chi connectivity index (χ4v) is 2.92. The smallest absolute Gasteiger partial charge is 0.319 e. The van der Waals surface area contributed by atoms with Gasteiger partial charge in [0.2, 0.25) is 0 Å². The minimum atomic E-state index is -0.126. The third-order valence-electron chi connectivity index (χ3n) is 3.94. The Bertz CT molecular complexity index is 553. The molecule has 5 nitrogen and oxygen atoms in total. The van der Waals surface area contributed by atoms with Crippen LogP contribution in [-0.2, 0) is 12.0 Å². The van der Waals surface area contributed by atoms with E-state index >= 15 is 0 Å². The monoisotopic (exact) mass is 292 g/mol. The minimum absolute atomic E-state index is 0.0310. The van der Waals surface area contributed by atoms with Gasteiger partial charge in [0.1, 0.15) is 0 Å². The average molecular weight is 292 g/mol. The molecule has 0 saturated heterocycles. The van der Waals surface area contributed by atoms with E-state index in [4.69, 9.17) is 9.47 Å². The molecule has 0 N–H and O–H groups in total. The van der Waals surface area contributed by atoms with Crippen LogP contribution in [0.5, 0.6) is 11.5 Å². The number of amides is 2. The Labute approximate surface area is 126 Å². The van der Waals surface area contributed by atoms with Crippen molar-refractivity contribution in [2.75, 3.05) is 34.9 Å². The summed E-state index contributed by atoms with van der Waals surface area (Å²) in [6.07, 6.45) is 0. The number of methoxy groups -OCH3 is 2. The molecule has 1 aromatic carbocycles. The Hall–Kier alpha value is -1.91. The molecule has 0 bridgehead atoms. The van der Waals surface area contributed by atoms with E-state index in [9.17, 15) is 4.79 Å². The molecule has 1 aromatic rings. The van der Waals surface area contributed by atoms with Crippen LogP contribution in [0.1, 0.15) is 25.0 Å². The van der Waals surface area contributed by atoms with Crippen LogP contribution in [0.25, 0.3) is 0 Å². The predicted molar refractivity (Wildman–Crippen MR) is 82.1 cm³/mol. The zero-order chi connectivity index (χ0) is 15.8. The number of carbonyl (C=O) groups is 1. The summed E-state index contributed by atoms with van der Waals surface area (Å²) < 4.78 is 10.8. The first-order valence-electron chi connectivity index (χ1n) is 7.01. The van der Waals surface area contributed by atoms with Crippen molar-refractivity contribution in [2.45, 2.75) is 25.8 Å². The van der Waals surface area contributed by atoms with Gasteiger partial charge in [-0.2, -0.15) is 0 Å². The van der Waals surface area contributed by atoms with Crippen LogP contribution in [0.4, 0.5) is 4.79 Å². The molecule has 1 aliphatic rings. The van der Waals surface area contributed by atoms with Crippen molar-refractivity contribution >= 4 is 6.03 Å². The van der Waals surface area contributed by atoms with E-state index in [1.54, 1.807) is 33.2 Å². The lowest BCUT2D eigenvalue weighted by molar-refractivity contribution is 0.149. The third kappa shape index (κ3) is 2.77. The fraction of sp³-hybridized carbons (Fsp3) is 0.562. The molecule has 0 spiro atoms. The second-order valence-corrected chi connectivity index (χ2v) is 6.28. The van der Waals surface area contributed by atoms with Gasteiger partial charge in [0.05, 0.1) is 14.2 Å². The van der Waals surface area contributed by atoms with Gasteiger partial charge < -0.3 is 19.3 Å². The van der Waals surface area contributed by atoms with Gasteiger partial charge in [-0.1, -0.05) is 13.8 Å². The van der Waals surface area contributed by atoms with E-state index in [0.717, 1.165) is 11.3 Å². The Morgan fingerprint density at radius 3 is 2.29 bits per heavy atom. The molecule has 0 atom stereocenters. The van der Waals surface area contributed by atoms with E-state index in [0.29, 0.717) is 18.8 Å². The normalized spacial score (nSPS) is 16.2. The van der Waals surface area contributed by atoms with Crippen LogP contribution in [-0.4, -0.2) is 50.7 Å². The molecule has 2 rings (SSSR count). The zero-order valence-electron chi connectivity index (χ0n) is 13.7. The highest BCUT2D eigenvalue weighted by Gasteiger charge is 2.35. The number of nitrogens with zero attached hydrogens (tertiary/aromatic N) is 2. The van der Waals surface area contributed by atoms with Crippen molar-refractivity contribution in [2.24, 2.45) is 0 Å². The van der Waals surface area contributed by atoms with Gasteiger partial charge in [-0.05, 0) is 23.3 Å². The Morgan fingerprint density at radius 1 is 1.19 bits per heavy atom. The number of ether oxygens (including phenoxy) is 2. The number of carbonyl (C=O) groups excluding carboxylic acids is 1. The van der Waals surface area contributed by atoms with Crippen molar-refractivity contribution in [1.29, 1.82) is 0 Å². The molecule has 0 fully saturated rings. The SMILES string of the molecule is COc1cc2c(cc1OC)C(C)(C)CN(C(=O)N(C)C)C2. The second-order valence-electron chi connectivity index (χ2n) is 6.28. The quantitative estimate of drug-likeness (QED) is 0.841. The van der Waals surface area contributed by atoms with Crippen molar-refractivity contribution in [1.82, 2.24) is 9.80 Å². The first kappa shape index (κ1) is 15.5. The molecule has 1 heterocycles. The second kappa shape index (κ2) is 5.47. The van der Waals surface area contributed by atoms with Gasteiger partial charge in [0.15, 0.2) is 11.5 Å². The third-order valence-corrected chi connectivity index (χ3v) is 3.94. The van der Waals surface area contributed by atoms with E-state index in [1.165, 1.54) is 5.56 Å². The standard InChI is InChI=1S/C16H24N2O3/c1-16(2)10-18(15(19)17(3)4)9-11-7-13(20-5)14(21-6)8-12(11)16/h7-8H,9-10H2,1-6H3. The van der Waals surface area contributed by atoms with Gasteiger partial charge in [-0.25, -0.2) is 4.79 Å². The number of hydrogen-bond acceptors (Lipinski definition) is 3. The maximum Gasteiger partial charge on any atom is 0.319 e. The van der Waals surface area contributed by atoms with Crippen molar-refractivity contribution < 1.29 is 14.3 Å². The maximum absolute atomic E-state index is 12.3. The van der Waals surface area contributed by atoms with Crippen LogP contribution >= 0.6 is 0 Å². The molecule has 1 aliphatic heterocycles. The predicted octanol–water partition coefficient (Wildman–Crippen LogP) is 2.48. The van der Waals surface area contributed by atoms with E-state index in [-0.39, 0.29) is 11.4 Å². The fourth-order valence-electron chi connectivity index (χ4n) is 2.92. The largest absolute Gasteiger partial charge is 0.493 e. The average Bonchev–Trinajstić information content (AvgIpc) is 2.44. The highest BCUT2D eigenvalue weighted by atomic mass is 16.5. The molecule has 2 amide bonds. The van der Waals surface area contributed by atoms with Crippen LogP contribution < -0.4 is 9.47 Å². The summed E-state index contributed by atoms with van der Waals surface area (Å²) in [5.41, 5.74) is 2.20. The summed E-state index contributed by atoms with van der Waals surface area (Å²) in [5.74, 6) is 1.43. The highest BCUT2D eigenvalue weighted by molar-refractivity contribution is 5.74. The number of benzene rings is 1. The van der Waals surface area contributed by atoms with Crippen molar-refractivity contribution in [3.8, 4) is 11.5 Å². The lowest BCUT2D eigenvalue weighted by atomic mass is 9.78.